The van der Waals surface area contributed by atoms with E-state index in [1.54, 1.807) is 19.1 Å². The molecule has 1 aromatic carbocycles. The maximum absolute atomic E-state index is 12.9. The highest BCUT2D eigenvalue weighted by Crippen LogP contribution is 2.43. The lowest BCUT2D eigenvalue weighted by atomic mass is 9.81. The lowest BCUT2D eigenvalue weighted by molar-refractivity contribution is -0.148. The molecule has 2 aliphatic rings. The van der Waals surface area contributed by atoms with Crippen LogP contribution in [-0.4, -0.2) is 67.2 Å². The Kier molecular flexibility index (Phi) is 5.18. The second-order valence-electron chi connectivity index (χ2n) is 7.00. The maximum Gasteiger partial charge on any atom is 0.312 e. The van der Waals surface area contributed by atoms with Gasteiger partial charge in [-0.3, -0.25) is 9.69 Å². The topological polar surface area (TPSA) is 77.9 Å². The summed E-state index contributed by atoms with van der Waals surface area (Å²) in [6.45, 7) is 3.33. The SMILES string of the molecule is CCS(=O)(=O)N1C[C@@H]2CN(C/C=C/c3ccc(F)cc3)C[C@]2(C(=O)O)C1. The average molecular weight is 382 g/mol. The summed E-state index contributed by atoms with van der Waals surface area (Å²) in [5.41, 5.74) is -0.162. The van der Waals surface area contributed by atoms with Crippen molar-refractivity contribution in [1.29, 1.82) is 0 Å². The number of hydrogen-bond donors (Lipinski definition) is 1. The van der Waals surface area contributed by atoms with Crippen molar-refractivity contribution in [2.24, 2.45) is 11.3 Å². The highest BCUT2D eigenvalue weighted by atomic mass is 32.2. The van der Waals surface area contributed by atoms with Crippen molar-refractivity contribution >= 4 is 22.1 Å². The number of halogens is 1. The van der Waals surface area contributed by atoms with Crippen LogP contribution in [0, 0.1) is 17.2 Å². The number of carboxylic acids is 1. The molecule has 1 aromatic rings. The Morgan fingerprint density at radius 3 is 2.58 bits per heavy atom. The minimum atomic E-state index is -3.38. The molecule has 0 saturated carbocycles. The van der Waals surface area contributed by atoms with Gasteiger partial charge in [-0.25, -0.2) is 17.1 Å². The molecule has 2 saturated heterocycles. The third-order valence-electron chi connectivity index (χ3n) is 5.38. The van der Waals surface area contributed by atoms with Crippen LogP contribution in [0.25, 0.3) is 6.08 Å². The van der Waals surface area contributed by atoms with E-state index in [1.165, 1.54) is 16.4 Å². The molecule has 2 heterocycles. The van der Waals surface area contributed by atoms with E-state index >= 15 is 0 Å². The second kappa shape index (κ2) is 7.09. The fourth-order valence-electron chi connectivity index (χ4n) is 3.87. The van der Waals surface area contributed by atoms with Crippen LogP contribution in [0.5, 0.6) is 0 Å². The van der Waals surface area contributed by atoms with Crippen molar-refractivity contribution in [2.75, 3.05) is 38.5 Å². The molecule has 26 heavy (non-hydrogen) atoms. The fraction of sp³-hybridized carbons (Fsp3) is 0.500. The Morgan fingerprint density at radius 1 is 1.31 bits per heavy atom. The van der Waals surface area contributed by atoms with E-state index in [2.05, 4.69) is 0 Å². The van der Waals surface area contributed by atoms with Crippen LogP contribution in [0.2, 0.25) is 0 Å². The number of sulfonamides is 1. The summed E-state index contributed by atoms with van der Waals surface area (Å²) in [5, 5.41) is 9.78. The summed E-state index contributed by atoms with van der Waals surface area (Å²) < 4.78 is 38.5. The summed E-state index contributed by atoms with van der Waals surface area (Å²) in [4.78, 5) is 14.0. The summed E-state index contributed by atoms with van der Waals surface area (Å²) in [5.74, 6) is -1.44. The van der Waals surface area contributed by atoms with Crippen LogP contribution in [-0.2, 0) is 14.8 Å². The number of carbonyl (C=O) groups is 1. The molecule has 0 unspecified atom stereocenters. The van der Waals surface area contributed by atoms with Crippen LogP contribution in [0.3, 0.4) is 0 Å². The monoisotopic (exact) mass is 382 g/mol. The van der Waals surface area contributed by atoms with Gasteiger partial charge in [0, 0.05) is 38.6 Å². The van der Waals surface area contributed by atoms with Gasteiger partial charge in [-0.1, -0.05) is 24.3 Å². The summed E-state index contributed by atoms with van der Waals surface area (Å²) >= 11 is 0. The molecule has 0 aliphatic carbocycles. The quantitative estimate of drug-likeness (QED) is 0.807. The van der Waals surface area contributed by atoms with Crippen molar-refractivity contribution in [2.45, 2.75) is 6.92 Å². The zero-order valence-electron chi connectivity index (χ0n) is 14.6. The molecule has 2 atom stereocenters. The predicted octanol–water partition coefficient (Wildman–Crippen LogP) is 1.51. The van der Waals surface area contributed by atoms with E-state index in [9.17, 15) is 22.7 Å². The molecule has 0 aromatic heterocycles. The zero-order valence-corrected chi connectivity index (χ0v) is 15.5. The van der Waals surface area contributed by atoms with E-state index in [0.717, 1.165) is 5.56 Å². The first kappa shape index (κ1) is 19.0. The lowest BCUT2D eigenvalue weighted by Crippen LogP contribution is -2.42. The molecule has 1 N–H and O–H groups in total. The molecule has 6 nitrogen and oxygen atoms in total. The van der Waals surface area contributed by atoms with E-state index < -0.39 is 21.4 Å². The normalized spacial score (nSPS) is 27.2. The standard InChI is InChI=1S/C18H23FN2O4S/c1-2-26(24,25)21-11-15-10-20(12-18(15,13-21)17(22)23)9-3-4-14-5-7-16(19)8-6-14/h3-8,15H,2,9-13H2,1H3,(H,22,23)/b4-3+/t15-,18-/m0/s1. The third-order valence-corrected chi connectivity index (χ3v) is 7.17. The van der Waals surface area contributed by atoms with Crippen LogP contribution < -0.4 is 0 Å². The molecule has 3 rings (SSSR count). The van der Waals surface area contributed by atoms with Crippen molar-refractivity contribution < 1.29 is 22.7 Å². The molecule has 0 spiro atoms. The first-order valence-corrected chi connectivity index (χ1v) is 10.2. The molecule has 0 radical (unpaired) electrons. The van der Waals surface area contributed by atoms with Gasteiger partial charge >= 0.3 is 5.97 Å². The van der Waals surface area contributed by atoms with Crippen molar-refractivity contribution in [1.82, 2.24) is 9.21 Å². The molecule has 0 bridgehead atoms. The third kappa shape index (κ3) is 3.54. The van der Waals surface area contributed by atoms with Gasteiger partial charge in [0.1, 0.15) is 5.82 Å². The highest BCUT2D eigenvalue weighted by molar-refractivity contribution is 7.89. The Hall–Kier alpha value is -1.77. The number of rotatable bonds is 6. The molecular weight excluding hydrogens is 359 g/mol. The minimum absolute atomic E-state index is 0.0143. The summed E-state index contributed by atoms with van der Waals surface area (Å²) in [6, 6.07) is 6.14. The number of fused-ring (bicyclic) bond motifs is 1. The van der Waals surface area contributed by atoms with Gasteiger partial charge in [-0.15, -0.1) is 0 Å². The molecule has 2 fully saturated rings. The van der Waals surface area contributed by atoms with Gasteiger partial charge in [-0.2, -0.15) is 0 Å². The molecule has 0 amide bonds. The summed E-state index contributed by atoms with van der Waals surface area (Å²) in [7, 11) is -3.38. The number of carboxylic acid groups (broad SMARTS) is 1. The van der Waals surface area contributed by atoms with Gasteiger partial charge < -0.3 is 5.11 Å². The Bertz CT molecular complexity index is 809. The van der Waals surface area contributed by atoms with Gasteiger partial charge in [0.2, 0.25) is 10.0 Å². The number of hydrogen-bond acceptors (Lipinski definition) is 4. The average Bonchev–Trinajstić information content (AvgIpc) is 3.12. The first-order chi connectivity index (χ1) is 12.3. The fourth-order valence-corrected chi connectivity index (χ4v) is 5.07. The predicted molar refractivity (Wildman–Crippen MR) is 96.5 cm³/mol. The number of benzene rings is 1. The van der Waals surface area contributed by atoms with Crippen LogP contribution in [0.1, 0.15) is 12.5 Å². The Morgan fingerprint density at radius 2 is 2.00 bits per heavy atom. The van der Waals surface area contributed by atoms with E-state index in [0.29, 0.717) is 19.6 Å². The van der Waals surface area contributed by atoms with E-state index in [4.69, 9.17) is 0 Å². The van der Waals surface area contributed by atoms with Crippen LogP contribution in [0.4, 0.5) is 4.39 Å². The highest BCUT2D eigenvalue weighted by Gasteiger charge is 2.59. The van der Waals surface area contributed by atoms with Crippen molar-refractivity contribution in [3.8, 4) is 0 Å². The Balaban J connectivity index is 1.66. The molecular formula is C18H23FN2O4S. The lowest BCUT2D eigenvalue weighted by Gasteiger charge is -2.24. The van der Waals surface area contributed by atoms with Gasteiger partial charge in [-0.05, 0) is 24.6 Å². The Labute approximate surface area is 153 Å². The smallest absolute Gasteiger partial charge is 0.312 e. The van der Waals surface area contributed by atoms with Gasteiger partial charge in [0.15, 0.2) is 0 Å². The molecule has 8 heteroatoms. The van der Waals surface area contributed by atoms with Crippen LogP contribution in [0.15, 0.2) is 30.3 Å². The number of likely N-dealkylation sites (tertiary alicyclic amines) is 1. The van der Waals surface area contributed by atoms with E-state index in [-0.39, 0.29) is 30.6 Å². The summed E-state index contributed by atoms with van der Waals surface area (Å²) in [6.07, 6.45) is 3.79. The number of aliphatic carboxylic acids is 1. The van der Waals surface area contributed by atoms with Crippen LogP contribution >= 0.6 is 0 Å². The van der Waals surface area contributed by atoms with Crippen molar-refractivity contribution in [3.05, 3.63) is 41.7 Å². The molecule has 2 aliphatic heterocycles. The second-order valence-corrected chi connectivity index (χ2v) is 9.26. The number of nitrogens with zero attached hydrogens (tertiary/aromatic N) is 2. The minimum Gasteiger partial charge on any atom is -0.481 e. The van der Waals surface area contributed by atoms with Crippen molar-refractivity contribution in [3.63, 3.8) is 0 Å². The maximum atomic E-state index is 12.9. The zero-order chi connectivity index (χ0) is 18.9. The largest absolute Gasteiger partial charge is 0.481 e. The first-order valence-electron chi connectivity index (χ1n) is 8.62. The van der Waals surface area contributed by atoms with Gasteiger partial charge in [0.05, 0.1) is 11.2 Å². The molecule has 142 valence electrons. The van der Waals surface area contributed by atoms with Gasteiger partial charge in [0.25, 0.3) is 0 Å². The van der Waals surface area contributed by atoms with E-state index in [1.807, 2.05) is 17.1 Å².